The summed E-state index contributed by atoms with van der Waals surface area (Å²) in [6.45, 7) is 7.26. The van der Waals surface area contributed by atoms with Crippen LogP contribution in [-0.2, 0) is 13.0 Å². The van der Waals surface area contributed by atoms with Crippen molar-refractivity contribution >= 4 is 11.8 Å². The third kappa shape index (κ3) is 4.34. The number of aliphatic hydroxyl groups is 1. The second-order valence-electron chi connectivity index (χ2n) is 7.88. The molecular weight excluding hydrogens is 347 g/mol. The highest BCUT2D eigenvalue weighted by atomic mass is 19.1. The van der Waals surface area contributed by atoms with Crippen molar-refractivity contribution in [3.63, 3.8) is 0 Å². The molecule has 0 saturated carbocycles. The van der Waals surface area contributed by atoms with Gasteiger partial charge in [-0.15, -0.1) is 0 Å². The third-order valence-electron chi connectivity index (χ3n) is 4.43. The summed E-state index contributed by atoms with van der Waals surface area (Å²) < 4.78 is 14.6. The van der Waals surface area contributed by atoms with Crippen LogP contribution in [0.3, 0.4) is 0 Å². The molecule has 0 radical (unpaired) electrons. The van der Waals surface area contributed by atoms with Crippen LogP contribution >= 0.6 is 0 Å². The summed E-state index contributed by atoms with van der Waals surface area (Å²) in [7, 11) is 0. The second-order valence-corrected chi connectivity index (χ2v) is 7.88. The number of halogens is 1. The summed E-state index contributed by atoms with van der Waals surface area (Å²) in [5.41, 5.74) is 13.4. The van der Waals surface area contributed by atoms with Crippen LogP contribution in [0.4, 0.5) is 4.39 Å². The van der Waals surface area contributed by atoms with Crippen molar-refractivity contribution in [1.82, 2.24) is 0 Å². The number of nitrogens with two attached hydrogens (primary N) is 2. The Kier molecular flexibility index (Phi) is 5.70. The van der Waals surface area contributed by atoms with Crippen LogP contribution in [0.2, 0.25) is 0 Å². The number of carbonyl (C=O) groups is 2. The van der Waals surface area contributed by atoms with Gasteiger partial charge in [-0.3, -0.25) is 9.59 Å². The molecule has 0 heterocycles. The maximum Gasteiger partial charge on any atom is 0.249 e. The minimum Gasteiger partial charge on any atom is -0.392 e. The highest BCUT2D eigenvalue weighted by Crippen LogP contribution is 2.37. The first-order chi connectivity index (χ1) is 12.5. The van der Waals surface area contributed by atoms with Crippen molar-refractivity contribution in [1.29, 1.82) is 0 Å². The molecule has 0 bridgehead atoms. The van der Waals surface area contributed by atoms with E-state index in [1.54, 1.807) is 13.0 Å². The Hall–Kier alpha value is -2.73. The first-order valence-corrected chi connectivity index (χ1v) is 8.62. The average Bonchev–Trinajstić information content (AvgIpc) is 2.56. The van der Waals surface area contributed by atoms with Crippen LogP contribution in [0.1, 0.15) is 58.2 Å². The van der Waals surface area contributed by atoms with E-state index in [4.69, 9.17) is 11.5 Å². The van der Waals surface area contributed by atoms with Crippen LogP contribution in [0.25, 0.3) is 11.1 Å². The lowest BCUT2D eigenvalue weighted by molar-refractivity contribution is 0.0991. The van der Waals surface area contributed by atoms with Crippen molar-refractivity contribution in [2.75, 3.05) is 0 Å². The van der Waals surface area contributed by atoms with Crippen LogP contribution in [0.15, 0.2) is 24.3 Å². The van der Waals surface area contributed by atoms with Gasteiger partial charge < -0.3 is 16.6 Å². The van der Waals surface area contributed by atoms with E-state index in [1.165, 1.54) is 18.2 Å². The molecule has 0 aliphatic rings. The van der Waals surface area contributed by atoms with Crippen molar-refractivity contribution < 1.29 is 19.1 Å². The molecule has 27 heavy (non-hydrogen) atoms. The number of aliphatic hydroxyl groups excluding tert-OH is 1. The molecule has 0 atom stereocenters. The van der Waals surface area contributed by atoms with E-state index in [0.717, 1.165) is 0 Å². The number of carbonyl (C=O) groups excluding carboxylic acids is 2. The number of primary amides is 2. The highest BCUT2D eigenvalue weighted by Gasteiger charge is 2.25. The van der Waals surface area contributed by atoms with E-state index in [-0.39, 0.29) is 23.1 Å². The first-order valence-electron chi connectivity index (χ1n) is 8.62. The molecule has 2 aromatic carbocycles. The van der Waals surface area contributed by atoms with Gasteiger partial charge in [-0.25, -0.2) is 4.39 Å². The predicted molar refractivity (Wildman–Crippen MR) is 103 cm³/mol. The normalized spacial score (nSPS) is 11.5. The fourth-order valence-corrected chi connectivity index (χ4v) is 3.22. The number of hydrogen-bond donors (Lipinski definition) is 3. The van der Waals surface area contributed by atoms with Crippen molar-refractivity contribution in [2.45, 2.75) is 40.7 Å². The van der Waals surface area contributed by atoms with E-state index >= 15 is 0 Å². The number of benzene rings is 2. The average molecular weight is 372 g/mol. The monoisotopic (exact) mass is 372 g/mol. The molecule has 5 N–H and O–H groups in total. The summed E-state index contributed by atoms with van der Waals surface area (Å²) in [5.74, 6) is -1.90. The van der Waals surface area contributed by atoms with E-state index in [9.17, 15) is 19.1 Å². The van der Waals surface area contributed by atoms with Gasteiger partial charge in [0.15, 0.2) is 0 Å². The van der Waals surface area contributed by atoms with E-state index < -0.39 is 17.6 Å². The molecule has 0 aliphatic heterocycles. The third-order valence-corrected chi connectivity index (χ3v) is 4.43. The summed E-state index contributed by atoms with van der Waals surface area (Å²) in [4.78, 5) is 23.5. The zero-order valence-electron chi connectivity index (χ0n) is 16.0. The lowest BCUT2D eigenvalue weighted by atomic mass is 9.80. The highest BCUT2D eigenvalue weighted by molar-refractivity contribution is 5.98. The molecule has 6 heteroatoms. The largest absolute Gasteiger partial charge is 0.392 e. The van der Waals surface area contributed by atoms with E-state index in [1.807, 2.05) is 20.8 Å². The number of hydrogen-bond acceptors (Lipinski definition) is 3. The molecule has 5 nitrogen and oxygen atoms in total. The molecule has 0 saturated heterocycles. The standard InChI is InChI=1S/C21H25FN2O3/c1-11-17(22)8-15(20(24)27)16(9-21(2,3)4)18(11)14-6-5-12(19(23)26)7-13(14)10-25/h5-8,25H,9-10H2,1-4H3,(H2,23,26)(H2,24,27). The molecule has 0 aromatic heterocycles. The second kappa shape index (κ2) is 7.48. The van der Waals surface area contributed by atoms with Gasteiger partial charge in [0.2, 0.25) is 11.8 Å². The van der Waals surface area contributed by atoms with E-state index in [2.05, 4.69) is 0 Å². The Labute approximate surface area is 158 Å². The summed E-state index contributed by atoms with van der Waals surface area (Å²) in [5, 5.41) is 9.81. The van der Waals surface area contributed by atoms with Gasteiger partial charge in [-0.2, -0.15) is 0 Å². The van der Waals surface area contributed by atoms with Crippen LogP contribution in [0, 0.1) is 18.2 Å². The molecule has 0 fully saturated rings. The van der Waals surface area contributed by atoms with Gasteiger partial charge in [-0.05, 0) is 64.8 Å². The van der Waals surface area contributed by atoms with Crippen molar-refractivity contribution in [3.8, 4) is 11.1 Å². The maximum atomic E-state index is 14.6. The van der Waals surface area contributed by atoms with Crippen LogP contribution in [-0.4, -0.2) is 16.9 Å². The molecule has 2 amide bonds. The van der Waals surface area contributed by atoms with Gasteiger partial charge in [0.05, 0.1) is 6.61 Å². The van der Waals surface area contributed by atoms with Crippen LogP contribution < -0.4 is 11.5 Å². The van der Waals surface area contributed by atoms with Gasteiger partial charge in [0.1, 0.15) is 5.82 Å². The molecule has 2 aromatic rings. The quantitative estimate of drug-likeness (QED) is 0.751. The molecule has 0 aliphatic carbocycles. The zero-order chi connectivity index (χ0) is 20.5. The summed E-state index contributed by atoms with van der Waals surface area (Å²) in [6.07, 6.45) is 0.476. The SMILES string of the molecule is Cc1c(F)cc(C(N)=O)c(CC(C)(C)C)c1-c1ccc(C(N)=O)cc1CO. The number of rotatable bonds is 5. The van der Waals surface area contributed by atoms with Gasteiger partial charge >= 0.3 is 0 Å². The Morgan fingerprint density at radius 3 is 2.22 bits per heavy atom. The smallest absolute Gasteiger partial charge is 0.249 e. The molecule has 0 unspecified atom stereocenters. The predicted octanol–water partition coefficient (Wildman–Crippen LogP) is 3.08. The first kappa shape index (κ1) is 20.6. The van der Waals surface area contributed by atoms with Crippen molar-refractivity contribution in [3.05, 3.63) is 57.9 Å². The van der Waals surface area contributed by atoms with Crippen molar-refractivity contribution in [2.24, 2.45) is 16.9 Å². The Bertz CT molecular complexity index is 915. The summed E-state index contributed by atoms with van der Waals surface area (Å²) >= 11 is 0. The minimum absolute atomic E-state index is 0.117. The van der Waals surface area contributed by atoms with E-state index in [0.29, 0.717) is 34.2 Å². The molecular formula is C21H25FN2O3. The maximum absolute atomic E-state index is 14.6. The van der Waals surface area contributed by atoms with Gasteiger partial charge in [-0.1, -0.05) is 26.8 Å². The fraction of sp³-hybridized carbons (Fsp3) is 0.333. The van der Waals surface area contributed by atoms with Gasteiger partial charge in [0.25, 0.3) is 0 Å². The Morgan fingerprint density at radius 1 is 1.11 bits per heavy atom. The zero-order valence-corrected chi connectivity index (χ0v) is 16.0. The lowest BCUT2D eigenvalue weighted by Gasteiger charge is -2.25. The fourth-order valence-electron chi connectivity index (χ4n) is 3.22. The number of amides is 2. The minimum atomic E-state index is -0.714. The molecule has 144 valence electrons. The Balaban J connectivity index is 2.90. The molecule has 0 spiro atoms. The Morgan fingerprint density at radius 2 is 1.74 bits per heavy atom. The van der Waals surface area contributed by atoms with Gasteiger partial charge in [0, 0.05) is 11.1 Å². The van der Waals surface area contributed by atoms with Crippen LogP contribution in [0.5, 0.6) is 0 Å². The lowest BCUT2D eigenvalue weighted by Crippen LogP contribution is -2.20. The topological polar surface area (TPSA) is 106 Å². The summed E-state index contributed by atoms with van der Waals surface area (Å²) in [6, 6.07) is 5.78. The molecule has 2 rings (SSSR count).